The molecule has 0 spiro atoms. The number of carbonyl (C=O) groups is 2. The zero-order valence-electron chi connectivity index (χ0n) is 18.1. The number of carbonyl (C=O) groups excluding carboxylic acids is 2. The van der Waals surface area contributed by atoms with Crippen LogP contribution in [-0.2, 0) is 9.53 Å². The summed E-state index contributed by atoms with van der Waals surface area (Å²) < 4.78 is 11.5. The van der Waals surface area contributed by atoms with Gasteiger partial charge in [-0.05, 0) is 60.8 Å². The summed E-state index contributed by atoms with van der Waals surface area (Å²) in [5, 5.41) is 4.75. The van der Waals surface area contributed by atoms with Crippen molar-refractivity contribution in [3.63, 3.8) is 0 Å². The van der Waals surface area contributed by atoms with E-state index >= 15 is 0 Å². The Hall–Kier alpha value is -4.16. The number of para-hydroxylation sites is 2. The number of hydrogen-bond acceptors (Lipinski definition) is 5. The van der Waals surface area contributed by atoms with E-state index in [2.05, 4.69) is 10.3 Å². The Morgan fingerprint density at radius 3 is 2.44 bits per heavy atom. The van der Waals surface area contributed by atoms with Crippen LogP contribution in [0.15, 0.2) is 89.3 Å². The molecule has 4 aromatic carbocycles. The molecule has 1 aromatic heterocycles. The van der Waals surface area contributed by atoms with Crippen molar-refractivity contribution in [1.82, 2.24) is 4.98 Å². The highest BCUT2D eigenvalue weighted by molar-refractivity contribution is 6.30. The molecule has 0 radical (unpaired) electrons. The van der Waals surface area contributed by atoms with E-state index in [9.17, 15) is 9.59 Å². The third-order valence-corrected chi connectivity index (χ3v) is 5.67. The Labute approximate surface area is 200 Å². The fourth-order valence-corrected chi connectivity index (χ4v) is 3.86. The molecule has 1 unspecified atom stereocenters. The Morgan fingerprint density at radius 1 is 0.941 bits per heavy atom. The van der Waals surface area contributed by atoms with Crippen LogP contribution < -0.4 is 5.32 Å². The molecule has 0 aliphatic rings. The van der Waals surface area contributed by atoms with Gasteiger partial charge in [-0.25, -0.2) is 9.78 Å². The summed E-state index contributed by atoms with van der Waals surface area (Å²) in [6.07, 6.45) is -1.02. The van der Waals surface area contributed by atoms with Crippen molar-refractivity contribution in [2.45, 2.75) is 13.0 Å². The lowest BCUT2D eigenvalue weighted by Crippen LogP contribution is -2.30. The maximum Gasteiger partial charge on any atom is 0.339 e. The van der Waals surface area contributed by atoms with E-state index in [1.54, 1.807) is 36.4 Å². The fourth-order valence-electron chi connectivity index (χ4n) is 3.73. The van der Waals surface area contributed by atoms with Gasteiger partial charge < -0.3 is 14.5 Å². The zero-order chi connectivity index (χ0) is 23.7. The average Bonchev–Trinajstić information content (AvgIpc) is 3.28. The number of benzene rings is 4. The standard InChI is InChI=1S/C27H19ClN2O4/c1-16(25(31)29-19-14-12-18(28)13-15-19)33-27(32)21-9-5-7-17-6-4-8-20(24(17)21)26-30-22-10-2-3-11-23(22)34-26/h2-16H,1H3,(H,29,31). The number of rotatable bonds is 5. The van der Waals surface area contributed by atoms with Crippen LogP contribution in [-0.4, -0.2) is 23.0 Å². The third-order valence-electron chi connectivity index (χ3n) is 5.41. The molecule has 0 fully saturated rings. The van der Waals surface area contributed by atoms with Crippen molar-refractivity contribution in [2.75, 3.05) is 5.32 Å². The van der Waals surface area contributed by atoms with Gasteiger partial charge in [0.25, 0.3) is 5.91 Å². The number of anilines is 1. The predicted octanol–water partition coefficient (Wildman–Crippen LogP) is 6.49. The van der Waals surface area contributed by atoms with Gasteiger partial charge >= 0.3 is 5.97 Å². The molecule has 0 aliphatic carbocycles. The molecule has 34 heavy (non-hydrogen) atoms. The van der Waals surface area contributed by atoms with Crippen LogP contribution in [0, 0.1) is 0 Å². The molecular formula is C27H19ClN2O4. The van der Waals surface area contributed by atoms with Crippen molar-refractivity contribution >= 4 is 51.0 Å². The Morgan fingerprint density at radius 2 is 1.68 bits per heavy atom. The number of oxazole rings is 1. The molecule has 1 N–H and O–H groups in total. The Kier molecular flexibility index (Phi) is 5.74. The Balaban J connectivity index is 1.45. The molecule has 0 saturated carbocycles. The van der Waals surface area contributed by atoms with Gasteiger partial charge in [-0.3, -0.25) is 4.79 Å². The summed E-state index contributed by atoms with van der Waals surface area (Å²) in [4.78, 5) is 30.3. The van der Waals surface area contributed by atoms with Crippen molar-refractivity contribution in [1.29, 1.82) is 0 Å². The largest absolute Gasteiger partial charge is 0.449 e. The van der Waals surface area contributed by atoms with E-state index in [-0.39, 0.29) is 0 Å². The number of esters is 1. The van der Waals surface area contributed by atoms with Crippen molar-refractivity contribution in [3.05, 3.63) is 95.5 Å². The molecule has 5 rings (SSSR count). The first-order valence-electron chi connectivity index (χ1n) is 10.6. The molecule has 168 valence electrons. The van der Waals surface area contributed by atoms with E-state index in [4.69, 9.17) is 20.8 Å². The highest BCUT2D eigenvalue weighted by atomic mass is 35.5. The lowest BCUT2D eigenvalue weighted by atomic mass is 9.99. The monoisotopic (exact) mass is 470 g/mol. The number of nitrogens with one attached hydrogen (secondary N) is 1. The minimum atomic E-state index is -1.02. The van der Waals surface area contributed by atoms with E-state index in [1.165, 1.54) is 6.92 Å². The van der Waals surface area contributed by atoms with Gasteiger partial charge in [-0.1, -0.05) is 48.0 Å². The molecule has 0 bridgehead atoms. The van der Waals surface area contributed by atoms with Crippen LogP contribution in [0.4, 0.5) is 5.69 Å². The Bertz CT molecular complexity index is 1490. The number of halogens is 1. The van der Waals surface area contributed by atoms with E-state index < -0.39 is 18.0 Å². The first-order chi connectivity index (χ1) is 16.5. The molecule has 1 amide bonds. The van der Waals surface area contributed by atoms with Gasteiger partial charge in [0.15, 0.2) is 11.7 Å². The summed E-state index contributed by atoms with van der Waals surface area (Å²) in [5.74, 6) is -0.663. The molecular weight excluding hydrogens is 452 g/mol. The highest BCUT2D eigenvalue weighted by Gasteiger charge is 2.23. The van der Waals surface area contributed by atoms with Crippen molar-refractivity contribution in [3.8, 4) is 11.5 Å². The smallest absolute Gasteiger partial charge is 0.339 e. The number of amides is 1. The summed E-state index contributed by atoms with van der Waals surface area (Å²) in [6, 6.07) is 25.1. The van der Waals surface area contributed by atoms with Gasteiger partial charge in [0.05, 0.1) is 5.56 Å². The molecule has 1 heterocycles. The molecule has 1 atom stereocenters. The van der Waals surface area contributed by atoms with E-state index in [0.29, 0.717) is 38.7 Å². The number of fused-ring (bicyclic) bond motifs is 2. The quantitative estimate of drug-likeness (QED) is 0.297. The second-order valence-electron chi connectivity index (χ2n) is 7.74. The van der Waals surface area contributed by atoms with Crippen molar-refractivity contribution in [2.24, 2.45) is 0 Å². The van der Waals surface area contributed by atoms with Crippen molar-refractivity contribution < 1.29 is 18.7 Å². The van der Waals surface area contributed by atoms with Gasteiger partial charge in [-0.2, -0.15) is 0 Å². The summed E-state index contributed by atoms with van der Waals surface area (Å²) in [7, 11) is 0. The zero-order valence-corrected chi connectivity index (χ0v) is 18.9. The molecule has 7 heteroatoms. The second-order valence-corrected chi connectivity index (χ2v) is 8.18. The summed E-state index contributed by atoms with van der Waals surface area (Å²) in [6.45, 7) is 1.52. The van der Waals surface area contributed by atoms with Gasteiger partial charge in [0.1, 0.15) is 5.52 Å². The molecule has 5 aromatic rings. The number of nitrogens with zero attached hydrogens (tertiary/aromatic N) is 1. The summed E-state index contributed by atoms with van der Waals surface area (Å²) >= 11 is 5.88. The fraction of sp³-hybridized carbons (Fsp3) is 0.0741. The third kappa shape index (κ3) is 4.23. The lowest BCUT2D eigenvalue weighted by molar-refractivity contribution is -0.123. The number of hydrogen-bond donors (Lipinski definition) is 1. The lowest BCUT2D eigenvalue weighted by Gasteiger charge is -2.15. The minimum absolute atomic E-state index is 0.321. The maximum absolute atomic E-state index is 13.2. The maximum atomic E-state index is 13.2. The van der Waals surface area contributed by atoms with Crippen LogP contribution >= 0.6 is 11.6 Å². The van der Waals surface area contributed by atoms with Crippen LogP contribution in [0.3, 0.4) is 0 Å². The van der Waals surface area contributed by atoms with Gasteiger partial charge in [0.2, 0.25) is 5.89 Å². The first-order valence-corrected chi connectivity index (χ1v) is 11.0. The summed E-state index contributed by atoms with van der Waals surface area (Å²) in [5.41, 5.74) is 2.92. The van der Waals surface area contributed by atoms with E-state index in [1.807, 2.05) is 48.5 Å². The molecule has 6 nitrogen and oxygen atoms in total. The van der Waals surface area contributed by atoms with Gasteiger partial charge in [-0.15, -0.1) is 0 Å². The van der Waals surface area contributed by atoms with Gasteiger partial charge in [0, 0.05) is 21.7 Å². The second kappa shape index (κ2) is 9.00. The van der Waals surface area contributed by atoms with E-state index in [0.717, 1.165) is 10.9 Å². The number of aromatic nitrogens is 1. The van der Waals surface area contributed by atoms with Crippen LogP contribution in [0.25, 0.3) is 33.3 Å². The van der Waals surface area contributed by atoms with Crippen LogP contribution in [0.2, 0.25) is 5.02 Å². The predicted molar refractivity (Wildman–Crippen MR) is 132 cm³/mol. The number of ether oxygens (including phenoxy) is 1. The van der Waals surface area contributed by atoms with Crippen LogP contribution in [0.1, 0.15) is 17.3 Å². The average molecular weight is 471 g/mol. The van der Waals surface area contributed by atoms with Crippen LogP contribution in [0.5, 0.6) is 0 Å². The first kappa shape index (κ1) is 21.7. The molecule has 0 saturated heterocycles. The normalized spacial score (nSPS) is 11.9. The topological polar surface area (TPSA) is 81.4 Å². The highest BCUT2D eigenvalue weighted by Crippen LogP contribution is 2.33. The SMILES string of the molecule is CC(OC(=O)c1cccc2cccc(-c3nc4ccccc4o3)c12)C(=O)Nc1ccc(Cl)cc1. The minimum Gasteiger partial charge on any atom is -0.449 e. The molecule has 0 aliphatic heterocycles.